The Bertz CT molecular complexity index is 417. The number of likely N-dealkylation sites (N-methyl/N-ethyl adjacent to an activating group) is 1. The first-order valence-corrected chi connectivity index (χ1v) is 7.37. The highest BCUT2D eigenvalue weighted by molar-refractivity contribution is 7.89. The molecule has 17 heavy (non-hydrogen) atoms. The van der Waals surface area contributed by atoms with E-state index in [0.29, 0.717) is 13.1 Å². The molecule has 0 saturated heterocycles. The van der Waals surface area contributed by atoms with Gasteiger partial charge in [0, 0.05) is 13.1 Å². The van der Waals surface area contributed by atoms with Crippen LogP contribution in [0.15, 0.2) is 30.3 Å². The molecule has 2 N–H and O–H groups in total. The van der Waals surface area contributed by atoms with Crippen molar-refractivity contribution in [3.05, 3.63) is 35.9 Å². The Morgan fingerprint density at radius 3 is 2.41 bits per heavy atom. The van der Waals surface area contributed by atoms with Crippen LogP contribution in [0.3, 0.4) is 0 Å². The molecule has 0 saturated carbocycles. The summed E-state index contributed by atoms with van der Waals surface area (Å²) in [7, 11) is -1.40. The number of hydrogen-bond donors (Lipinski definition) is 2. The molecule has 1 atom stereocenters. The van der Waals surface area contributed by atoms with Gasteiger partial charge in [0.25, 0.3) is 0 Å². The highest BCUT2D eigenvalue weighted by atomic mass is 32.2. The van der Waals surface area contributed by atoms with Crippen LogP contribution in [0.4, 0.5) is 0 Å². The number of benzene rings is 1. The second-order valence-corrected chi connectivity index (χ2v) is 5.94. The second-order valence-electron chi connectivity index (χ2n) is 4.09. The van der Waals surface area contributed by atoms with Crippen LogP contribution in [0.1, 0.15) is 18.4 Å². The molecule has 0 aliphatic heterocycles. The predicted molar refractivity (Wildman–Crippen MR) is 70.6 cm³/mol. The molecular formula is C12H20N2O2S. The highest BCUT2D eigenvalue weighted by Gasteiger charge is 2.16. The van der Waals surface area contributed by atoms with E-state index in [1.54, 1.807) is 7.05 Å². The zero-order chi connectivity index (χ0) is 12.7. The van der Waals surface area contributed by atoms with Gasteiger partial charge in [-0.1, -0.05) is 37.3 Å². The molecule has 4 nitrogen and oxygen atoms in total. The van der Waals surface area contributed by atoms with Crippen LogP contribution >= 0.6 is 0 Å². The first-order chi connectivity index (χ1) is 8.05. The van der Waals surface area contributed by atoms with Gasteiger partial charge in [0.2, 0.25) is 10.0 Å². The Kier molecular flexibility index (Phi) is 5.61. The molecule has 0 amide bonds. The fourth-order valence-corrected chi connectivity index (χ4v) is 2.98. The van der Waals surface area contributed by atoms with Crippen molar-refractivity contribution in [2.24, 2.45) is 0 Å². The Morgan fingerprint density at radius 2 is 1.82 bits per heavy atom. The molecule has 0 aliphatic carbocycles. The third-order valence-electron chi connectivity index (χ3n) is 2.53. The molecule has 1 aromatic carbocycles. The lowest BCUT2D eigenvalue weighted by molar-refractivity contribution is 0.574. The summed E-state index contributed by atoms with van der Waals surface area (Å²) in [5, 5.41) is 2.90. The van der Waals surface area contributed by atoms with Gasteiger partial charge in [0.1, 0.15) is 0 Å². The monoisotopic (exact) mass is 256 g/mol. The van der Waals surface area contributed by atoms with Gasteiger partial charge >= 0.3 is 0 Å². The zero-order valence-corrected chi connectivity index (χ0v) is 11.1. The van der Waals surface area contributed by atoms with Crippen LogP contribution in [-0.4, -0.2) is 34.3 Å². The Balaban J connectivity index is 2.53. The van der Waals surface area contributed by atoms with E-state index in [1.807, 2.05) is 37.3 Å². The average molecular weight is 256 g/mol. The van der Waals surface area contributed by atoms with Gasteiger partial charge < -0.3 is 5.32 Å². The molecule has 0 spiro atoms. The fraction of sp³-hybridized carbons (Fsp3) is 0.500. The van der Waals surface area contributed by atoms with E-state index in [4.69, 9.17) is 0 Å². The lowest BCUT2D eigenvalue weighted by Gasteiger charge is -2.13. The highest BCUT2D eigenvalue weighted by Crippen LogP contribution is 2.15. The largest absolute Gasteiger partial charge is 0.318 e. The van der Waals surface area contributed by atoms with Gasteiger partial charge in [-0.25, -0.2) is 13.1 Å². The van der Waals surface area contributed by atoms with Crippen molar-refractivity contribution in [1.82, 2.24) is 10.0 Å². The van der Waals surface area contributed by atoms with Crippen molar-refractivity contribution < 1.29 is 8.42 Å². The summed E-state index contributed by atoms with van der Waals surface area (Å²) in [5.74, 6) is 0.129. The summed E-state index contributed by atoms with van der Waals surface area (Å²) < 4.78 is 26.1. The number of sulfonamides is 1. The topological polar surface area (TPSA) is 58.2 Å². The second kappa shape index (κ2) is 6.74. The van der Waals surface area contributed by atoms with E-state index in [-0.39, 0.29) is 11.7 Å². The predicted octanol–water partition coefficient (Wildman–Crippen LogP) is 0.929. The summed E-state index contributed by atoms with van der Waals surface area (Å²) in [5.41, 5.74) is 1.05. The molecule has 0 aromatic heterocycles. The number of nitrogens with one attached hydrogen (secondary N) is 2. The van der Waals surface area contributed by atoms with Gasteiger partial charge in [-0.05, 0) is 18.5 Å². The normalized spacial score (nSPS) is 13.5. The molecule has 0 bridgehead atoms. The maximum absolute atomic E-state index is 11.8. The Morgan fingerprint density at radius 1 is 1.18 bits per heavy atom. The summed E-state index contributed by atoms with van der Waals surface area (Å²) in [6, 6.07) is 9.68. The standard InChI is InChI=1S/C12H20N2O2S/c1-11(12-6-4-3-5-7-12)10-17(15,16)14-9-8-13-2/h3-7,11,13-14H,8-10H2,1-2H3. The molecule has 1 rings (SSSR count). The molecule has 5 heteroatoms. The van der Waals surface area contributed by atoms with Crippen LogP contribution in [0.2, 0.25) is 0 Å². The molecule has 96 valence electrons. The lowest BCUT2D eigenvalue weighted by atomic mass is 10.0. The third kappa shape index (κ3) is 5.30. The fourth-order valence-electron chi connectivity index (χ4n) is 1.60. The van der Waals surface area contributed by atoms with Crippen LogP contribution in [0, 0.1) is 0 Å². The maximum atomic E-state index is 11.8. The third-order valence-corrected chi connectivity index (χ3v) is 4.12. The van der Waals surface area contributed by atoms with Crippen molar-refractivity contribution in [2.75, 3.05) is 25.9 Å². The van der Waals surface area contributed by atoms with Crippen molar-refractivity contribution in [3.8, 4) is 0 Å². The van der Waals surface area contributed by atoms with E-state index in [0.717, 1.165) is 5.56 Å². The quantitative estimate of drug-likeness (QED) is 0.714. The van der Waals surface area contributed by atoms with Crippen LogP contribution in [-0.2, 0) is 10.0 Å². The Labute approximate surface area is 103 Å². The maximum Gasteiger partial charge on any atom is 0.212 e. The van der Waals surface area contributed by atoms with Crippen LogP contribution < -0.4 is 10.0 Å². The first kappa shape index (κ1) is 14.2. The van der Waals surface area contributed by atoms with Crippen LogP contribution in [0.25, 0.3) is 0 Å². The molecule has 1 unspecified atom stereocenters. The molecule has 0 radical (unpaired) electrons. The first-order valence-electron chi connectivity index (χ1n) is 5.72. The molecule has 0 aliphatic rings. The minimum Gasteiger partial charge on any atom is -0.318 e. The summed E-state index contributed by atoms with van der Waals surface area (Å²) in [4.78, 5) is 0. The van der Waals surface area contributed by atoms with E-state index in [2.05, 4.69) is 10.0 Å². The minimum atomic E-state index is -3.19. The average Bonchev–Trinajstić information content (AvgIpc) is 2.30. The molecule has 0 heterocycles. The molecule has 1 aromatic rings. The van der Waals surface area contributed by atoms with E-state index in [9.17, 15) is 8.42 Å². The van der Waals surface area contributed by atoms with Crippen LogP contribution in [0.5, 0.6) is 0 Å². The van der Waals surface area contributed by atoms with E-state index >= 15 is 0 Å². The van der Waals surface area contributed by atoms with Gasteiger partial charge in [-0.3, -0.25) is 0 Å². The molecule has 0 fully saturated rings. The summed E-state index contributed by atoms with van der Waals surface area (Å²) in [6.07, 6.45) is 0. The van der Waals surface area contributed by atoms with Gasteiger partial charge in [-0.2, -0.15) is 0 Å². The minimum absolute atomic E-state index is 0.00304. The van der Waals surface area contributed by atoms with Crippen molar-refractivity contribution in [3.63, 3.8) is 0 Å². The summed E-state index contributed by atoms with van der Waals surface area (Å²) in [6.45, 7) is 2.99. The van der Waals surface area contributed by atoms with Crippen molar-refractivity contribution in [2.45, 2.75) is 12.8 Å². The summed E-state index contributed by atoms with van der Waals surface area (Å²) >= 11 is 0. The van der Waals surface area contributed by atoms with Gasteiger partial charge in [-0.15, -0.1) is 0 Å². The molecular weight excluding hydrogens is 236 g/mol. The van der Waals surface area contributed by atoms with E-state index in [1.165, 1.54) is 0 Å². The van der Waals surface area contributed by atoms with Gasteiger partial charge in [0.15, 0.2) is 0 Å². The number of hydrogen-bond acceptors (Lipinski definition) is 3. The smallest absolute Gasteiger partial charge is 0.212 e. The van der Waals surface area contributed by atoms with Crippen molar-refractivity contribution in [1.29, 1.82) is 0 Å². The van der Waals surface area contributed by atoms with Crippen molar-refractivity contribution >= 4 is 10.0 Å². The van der Waals surface area contributed by atoms with E-state index < -0.39 is 10.0 Å². The number of rotatable bonds is 7. The SMILES string of the molecule is CNCCNS(=O)(=O)CC(C)c1ccccc1. The lowest BCUT2D eigenvalue weighted by Crippen LogP contribution is -2.33. The zero-order valence-electron chi connectivity index (χ0n) is 10.3. The van der Waals surface area contributed by atoms with Gasteiger partial charge in [0.05, 0.1) is 5.75 Å². The Hall–Kier alpha value is -0.910.